The highest BCUT2D eigenvalue weighted by molar-refractivity contribution is 14.0. The Labute approximate surface area is 170 Å². The van der Waals surface area contributed by atoms with Crippen LogP contribution in [0.25, 0.3) is 0 Å². The zero-order chi connectivity index (χ0) is 17.6. The second kappa shape index (κ2) is 15.3. The number of hydrogen-bond donors (Lipinski definition) is 2. The average molecular weight is 462 g/mol. The van der Waals surface area contributed by atoms with Crippen molar-refractivity contribution in [2.45, 2.75) is 39.7 Å². The second-order valence-electron chi connectivity index (χ2n) is 6.00. The number of aliphatic imine (C=N–C) groups is 1. The molecule has 0 bridgehead atoms. The smallest absolute Gasteiger partial charge is 0.191 e. The molecule has 0 unspecified atom stereocenters. The van der Waals surface area contributed by atoms with E-state index in [1.54, 1.807) is 0 Å². The molecule has 0 atom stereocenters. The standard InChI is InChI=1S/C19H34N4O.HI/c1-5-7-14-24-15-8-13-21-19(20-6-2)22-16-17-9-11-18(12-10-17)23(3)4;/h9-12H,5-8,13-16H2,1-4H3,(H2,20,21,22);1H. The molecule has 0 aliphatic rings. The largest absolute Gasteiger partial charge is 0.381 e. The van der Waals surface area contributed by atoms with E-state index < -0.39 is 0 Å². The Morgan fingerprint density at radius 1 is 1.04 bits per heavy atom. The number of nitrogens with one attached hydrogen (secondary N) is 2. The van der Waals surface area contributed by atoms with E-state index in [4.69, 9.17) is 4.74 Å². The number of ether oxygens (including phenoxy) is 1. The molecule has 0 amide bonds. The van der Waals surface area contributed by atoms with Gasteiger partial charge in [0.25, 0.3) is 0 Å². The van der Waals surface area contributed by atoms with E-state index in [1.165, 1.54) is 17.7 Å². The highest BCUT2D eigenvalue weighted by Gasteiger charge is 1.99. The van der Waals surface area contributed by atoms with Crippen molar-refractivity contribution in [3.8, 4) is 0 Å². The van der Waals surface area contributed by atoms with Crippen molar-refractivity contribution in [1.82, 2.24) is 10.6 Å². The molecule has 25 heavy (non-hydrogen) atoms. The van der Waals surface area contributed by atoms with Gasteiger partial charge in [0.05, 0.1) is 6.54 Å². The van der Waals surface area contributed by atoms with Crippen molar-refractivity contribution in [1.29, 1.82) is 0 Å². The van der Waals surface area contributed by atoms with E-state index in [2.05, 4.69) is 58.6 Å². The Morgan fingerprint density at radius 3 is 2.32 bits per heavy atom. The molecule has 1 aromatic rings. The lowest BCUT2D eigenvalue weighted by atomic mass is 10.2. The normalized spacial score (nSPS) is 11.0. The van der Waals surface area contributed by atoms with Gasteiger partial charge in [-0.25, -0.2) is 4.99 Å². The van der Waals surface area contributed by atoms with Crippen LogP contribution in [0.5, 0.6) is 0 Å². The molecule has 1 aromatic carbocycles. The first-order valence-corrected chi connectivity index (χ1v) is 9.03. The fourth-order valence-corrected chi connectivity index (χ4v) is 2.14. The third-order valence-corrected chi connectivity index (χ3v) is 3.62. The first-order valence-electron chi connectivity index (χ1n) is 9.03. The van der Waals surface area contributed by atoms with Gasteiger partial charge in [0.2, 0.25) is 0 Å². The number of unbranched alkanes of at least 4 members (excludes halogenated alkanes) is 1. The summed E-state index contributed by atoms with van der Waals surface area (Å²) in [7, 11) is 4.10. The summed E-state index contributed by atoms with van der Waals surface area (Å²) in [5.41, 5.74) is 2.41. The molecule has 0 aliphatic carbocycles. The summed E-state index contributed by atoms with van der Waals surface area (Å²) in [6.45, 7) is 8.34. The Morgan fingerprint density at radius 2 is 1.72 bits per heavy atom. The van der Waals surface area contributed by atoms with Gasteiger partial charge in [-0.1, -0.05) is 25.5 Å². The van der Waals surface area contributed by atoms with Crippen molar-refractivity contribution in [3.05, 3.63) is 29.8 Å². The molecule has 0 fully saturated rings. The van der Waals surface area contributed by atoms with E-state index in [-0.39, 0.29) is 24.0 Å². The number of halogens is 1. The number of nitrogens with zero attached hydrogens (tertiary/aromatic N) is 2. The van der Waals surface area contributed by atoms with Crippen LogP contribution in [0.2, 0.25) is 0 Å². The summed E-state index contributed by atoms with van der Waals surface area (Å²) in [6.07, 6.45) is 3.32. The van der Waals surface area contributed by atoms with Gasteiger partial charge in [0, 0.05) is 46.1 Å². The predicted molar refractivity (Wildman–Crippen MR) is 119 cm³/mol. The molecule has 0 aliphatic heterocycles. The highest BCUT2D eigenvalue weighted by atomic mass is 127. The minimum absolute atomic E-state index is 0. The third kappa shape index (κ3) is 11.3. The zero-order valence-corrected chi connectivity index (χ0v) is 18.5. The Hall–Kier alpha value is -1.02. The van der Waals surface area contributed by atoms with Crippen LogP contribution in [-0.2, 0) is 11.3 Å². The number of hydrogen-bond acceptors (Lipinski definition) is 3. The molecular weight excluding hydrogens is 427 g/mol. The maximum atomic E-state index is 5.57. The topological polar surface area (TPSA) is 48.9 Å². The predicted octanol–water partition coefficient (Wildman–Crippen LogP) is 3.63. The second-order valence-corrected chi connectivity index (χ2v) is 6.00. The Bertz CT molecular complexity index is 463. The molecule has 6 heteroatoms. The quantitative estimate of drug-likeness (QED) is 0.228. The van der Waals surface area contributed by atoms with Crippen LogP contribution in [0, 0.1) is 0 Å². The molecule has 0 radical (unpaired) electrons. The first kappa shape index (κ1) is 24.0. The summed E-state index contributed by atoms with van der Waals surface area (Å²) in [4.78, 5) is 6.74. The fraction of sp³-hybridized carbons (Fsp3) is 0.632. The average Bonchev–Trinajstić information content (AvgIpc) is 2.59. The molecule has 1 rings (SSSR count). The van der Waals surface area contributed by atoms with Crippen LogP contribution in [0.4, 0.5) is 5.69 Å². The summed E-state index contributed by atoms with van der Waals surface area (Å²) in [5, 5.41) is 6.65. The lowest BCUT2D eigenvalue weighted by Crippen LogP contribution is -2.38. The van der Waals surface area contributed by atoms with Crippen LogP contribution in [0.1, 0.15) is 38.7 Å². The SMILES string of the molecule is CCCCOCCCNC(=NCc1ccc(N(C)C)cc1)NCC.I. The van der Waals surface area contributed by atoms with Gasteiger partial charge in [-0.15, -0.1) is 24.0 Å². The minimum Gasteiger partial charge on any atom is -0.381 e. The van der Waals surface area contributed by atoms with Crippen LogP contribution in [-0.4, -0.2) is 46.4 Å². The number of benzene rings is 1. The van der Waals surface area contributed by atoms with Crippen LogP contribution in [0.3, 0.4) is 0 Å². The lowest BCUT2D eigenvalue weighted by molar-refractivity contribution is 0.129. The van der Waals surface area contributed by atoms with Crippen LogP contribution in [0.15, 0.2) is 29.3 Å². The van der Waals surface area contributed by atoms with Crippen molar-refractivity contribution in [2.24, 2.45) is 4.99 Å². The van der Waals surface area contributed by atoms with Crippen LogP contribution >= 0.6 is 24.0 Å². The van der Waals surface area contributed by atoms with E-state index in [1.807, 2.05) is 14.1 Å². The summed E-state index contributed by atoms with van der Waals surface area (Å²) in [5.74, 6) is 0.864. The zero-order valence-electron chi connectivity index (χ0n) is 16.2. The maximum absolute atomic E-state index is 5.57. The van der Waals surface area contributed by atoms with E-state index in [0.29, 0.717) is 6.54 Å². The summed E-state index contributed by atoms with van der Waals surface area (Å²) < 4.78 is 5.57. The molecule has 144 valence electrons. The summed E-state index contributed by atoms with van der Waals surface area (Å²) in [6, 6.07) is 8.51. The van der Waals surface area contributed by atoms with Crippen LogP contribution < -0.4 is 15.5 Å². The van der Waals surface area contributed by atoms with Gasteiger partial charge in [0.15, 0.2) is 5.96 Å². The maximum Gasteiger partial charge on any atom is 0.191 e. The first-order chi connectivity index (χ1) is 11.7. The molecule has 2 N–H and O–H groups in total. The fourth-order valence-electron chi connectivity index (χ4n) is 2.14. The molecular formula is C19H35IN4O. The van der Waals surface area contributed by atoms with Crippen molar-refractivity contribution in [3.63, 3.8) is 0 Å². The monoisotopic (exact) mass is 462 g/mol. The van der Waals surface area contributed by atoms with Crippen molar-refractivity contribution in [2.75, 3.05) is 45.3 Å². The van der Waals surface area contributed by atoms with Crippen molar-refractivity contribution >= 4 is 35.6 Å². The van der Waals surface area contributed by atoms with E-state index in [9.17, 15) is 0 Å². The minimum atomic E-state index is 0. The number of rotatable bonds is 11. The Kier molecular flexibility index (Phi) is 14.6. The lowest BCUT2D eigenvalue weighted by Gasteiger charge is -2.13. The number of guanidine groups is 1. The van der Waals surface area contributed by atoms with Gasteiger partial charge >= 0.3 is 0 Å². The van der Waals surface area contributed by atoms with E-state index in [0.717, 1.165) is 45.1 Å². The van der Waals surface area contributed by atoms with Gasteiger partial charge in [0.1, 0.15) is 0 Å². The molecule has 0 saturated heterocycles. The molecule has 5 nitrogen and oxygen atoms in total. The third-order valence-electron chi connectivity index (χ3n) is 3.62. The Balaban J connectivity index is 0.00000576. The van der Waals surface area contributed by atoms with Crippen molar-refractivity contribution < 1.29 is 4.74 Å². The molecule has 0 saturated carbocycles. The van der Waals surface area contributed by atoms with E-state index >= 15 is 0 Å². The summed E-state index contributed by atoms with van der Waals surface area (Å²) >= 11 is 0. The van der Waals surface area contributed by atoms with Gasteiger partial charge < -0.3 is 20.3 Å². The molecule has 0 heterocycles. The van der Waals surface area contributed by atoms with Gasteiger partial charge in [-0.05, 0) is 37.5 Å². The van der Waals surface area contributed by atoms with Gasteiger partial charge in [-0.2, -0.15) is 0 Å². The molecule has 0 spiro atoms. The molecule has 0 aromatic heterocycles. The van der Waals surface area contributed by atoms with Gasteiger partial charge in [-0.3, -0.25) is 0 Å². The number of anilines is 1. The highest BCUT2D eigenvalue weighted by Crippen LogP contribution is 2.12.